The summed E-state index contributed by atoms with van der Waals surface area (Å²) in [7, 11) is 0. The van der Waals surface area contributed by atoms with Crippen LogP contribution in [0.4, 0.5) is 5.69 Å². The van der Waals surface area contributed by atoms with Crippen molar-refractivity contribution in [3.8, 4) is 0 Å². The number of benzene rings is 2. The first-order valence-corrected chi connectivity index (χ1v) is 6.56. The van der Waals surface area contributed by atoms with Crippen molar-refractivity contribution >= 4 is 39.0 Å². The van der Waals surface area contributed by atoms with Gasteiger partial charge in [0.1, 0.15) is 0 Å². The van der Waals surface area contributed by atoms with E-state index < -0.39 is 0 Å². The molecule has 0 amide bonds. The molecular formula is C14H11BrClNO. The number of carbonyl (C=O) groups is 1. The molecule has 0 fully saturated rings. The number of carbonyl (C=O) groups excluding carboxylic acids is 1. The lowest BCUT2D eigenvalue weighted by Gasteiger charge is -2.05. The molecule has 0 aliphatic carbocycles. The number of anilines is 1. The van der Waals surface area contributed by atoms with Crippen molar-refractivity contribution < 1.29 is 4.79 Å². The Morgan fingerprint density at radius 3 is 2.61 bits per heavy atom. The molecule has 0 saturated carbocycles. The number of Topliss-reactive ketones (excluding diaryl/α,β-unsaturated/α-hetero) is 1. The summed E-state index contributed by atoms with van der Waals surface area (Å²) >= 11 is 9.34. The van der Waals surface area contributed by atoms with Crippen molar-refractivity contribution in [3.05, 3.63) is 63.1 Å². The lowest BCUT2D eigenvalue weighted by Crippen LogP contribution is -2.04. The van der Waals surface area contributed by atoms with Gasteiger partial charge in [0.25, 0.3) is 0 Å². The van der Waals surface area contributed by atoms with Gasteiger partial charge in [-0.2, -0.15) is 0 Å². The van der Waals surface area contributed by atoms with Crippen molar-refractivity contribution in [1.82, 2.24) is 0 Å². The number of hydrogen-bond donors (Lipinski definition) is 1. The molecule has 92 valence electrons. The van der Waals surface area contributed by atoms with Gasteiger partial charge in [0.15, 0.2) is 5.78 Å². The lowest BCUT2D eigenvalue weighted by molar-refractivity contribution is 0.0993. The van der Waals surface area contributed by atoms with Crippen LogP contribution < -0.4 is 5.73 Å². The van der Waals surface area contributed by atoms with Crippen LogP contribution in [0.3, 0.4) is 0 Å². The average molecular weight is 325 g/mol. The molecule has 0 radical (unpaired) electrons. The molecule has 0 saturated heterocycles. The molecule has 0 aliphatic heterocycles. The first kappa shape index (κ1) is 13.1. The second-order valence-corrected chi connectivity index (χ2v) is 5.19. The zero-order valence-corrected chi connectivity index (χ0v) is 11.8. The largest absolute Gasteiger partial charge is 0.398 e. The van der Waals surface area contributed by atoms with Crippen molar-refractivity contribution in [1.29, 1.82) is 0 Å². The number of hydrogen-bond acceptors (Lipinski definition) is 2. The third-order valence-corrected chi connectivity index (χ3v) is 3.69. The van der Waals surface area contributed by atoms with E-state index in [-0.39, 0.29) is 12.2 Å². The fourth-order valence-corrected chi connectivity index (χ4v) is 2.20. The lowest BCUT2D eigenvalue weighted by atomic mass is 10.0. The molecular weight excluding hydrogens is 314 g/mol. The van der Waals surface area contributed by atoms with Crippen LogP contribution in [0.25, 0.3) is 0 Å². The molecule has 2 rings (SSSR count). The Bertz CT molecular complexity index is 598. The van der Waals surface area contributed by atoms with Gasteiger partial charge in [0.2, 0.25) is 0 Å². The van der Waals surface area contributed by atoms with Gasteiger partial charge in [-0.15, -0.1) is 0 Å². The monoisotopic (exact) mass is 323 g/mol. The highest BCUT2D eigenvalue weighted by molar-refractivity contribution is 9.10. The van der Waals surface area contributed by atoms with Gasteiger partial charge in [-0.1, -0.05) is 29.8 Å². The Morgan fingerprint density at radius 2 is 1.94 bits per heavy atom. The molecule has 2 N–H and O–H groups in total. The van der Waals surface area contributed by atoms with Crippen LogP contribution in [0.2, 0.25) is 5.02 Å². The Morgan fingerprint density at radius 1 is 1.22 bits per heavy atom. The summed E-state index contributed by atoms with van der Waals surface area (Å²) in [6.45, 7) is 0. The standard InChI is InChI=1S/C14H11BrClNO/c15-11-7-10(5-6-13(11)17)14(18)8-9-3-1-2-4-12(9)16/h1-7H,8,17H2. The highest BCUT2D eigenvalue weighted by Gasteiger charge is 2.10. The molecule has 0 aromatic heterocycles. The quantitative estimate of drug-likeness (QED) is 0.682. The Labute approximate surface area is 119 Å². The van der Waals surface area contributed by atoms with Gasteiger partial charge in [-0.05, 0) is 45.8 Å². The summed E-state index contributed by atoms with van der Waals surface area (Å²) in [4.78, 5) is 12.1. The molecule has 0 spiro atoms. The number of nitrogens with two attached hydrogens (primary N) is 1. The molecule has 2 aromatic rings. The van der Waals surface area contributed by atoms with Crippen LogP contribution in [0.1, 0.15) is 15.9 Å². The Kier molecular flexibility index (Phi) is 4.04. The SMILES string of the molecule is Nc1ccc(C(=O)Cc2ccccc2Cl)cc1Br. The van der Waals surface area contributed by atoms with Gasteiger partial charge in [-0.25, -0.2) is 0 Å². The fraction of sp³-hybridized carbons (Fsp3) is 0.0714. The second-order valence-electron chi connectivity index (χ2n) is 3.93. The van der Waals surface area contributed by atoms with Crippen LogP contribution in [0.15, 0.2) is 46.9 Å². The highest BCUT2D eigenvalue weighted by Crippen LogP contribution is 2.22. The van der Waals surface area contributed by atoms with Gasteiger partial charge < -0.3 is 5.73 Å². The van der Waals surface area contributed by atoms with Crippen LogP contribution in [0, 0.1) is 0 Å². The molecule has 2 nitrogen and oxygen atoms in total. The van der Waals surface area contributed by atoms with Gasteiger partial charge >= 0.3 is 0 Å². The summed E-state index contributed by atoms with van der Waals surface area (Å²) in [5.74, 6) is 0.0174. The number of rotatable bonds is 3. The zero-order chi connectivity index (χ0) is 13.1. The molecule has 4 heteroatoms. The van der Waals surface area contributed by atoms with E-state index in [9.17, 15) is 4.79 Å². The van der Waals surface area contributed by atoms with E-state index in [0.717, 1.165) is 10.0 Å². The summed E-state index contributed by atoms with van der Waals surface area (Å²) in [6, 6.07) is 12.5. The van der Waals surface area contributed by atoms with Crippen LogP contribution in [0.5, 0.6) is 0 Å². The minimum Gasteiger partial charge on any atom is -0.398 e. The zero-order valence-electron chi connectivity index (χ0n) is 9.49. The molecule has 2 aromatic carbocycles. The molecule has 0 atom stereocenters. The highest BCUT2D eigenvalue weighted by atomic mass is 79.9. The van der Waals surface area contributed by atoms with E-state index >= 15 is 0 Å². The van der Waals surface area contributed by atoms with Gasteiger partial charge in [0.05, 0.1) is 0 Å². The number of nitrogen functional groups attached to an aromatic ring is 1. The molecule has 0 unspecified atom stereocenters. The van der Waals surface area contributed by atoms with E-state index in [1.807, 2.05) is 18.2 Å². The summed E-state index contributed by atoms with van der Waals surface area (Å²) in [5, 5.41) is 0.611. The van der Waals surface area contributed by atoms with E-state index in [2.05, 4.69) is 15.9 Å². The maximum atomic E-state index is 12.1. The first-order chi connectivity index (χ1) is 8.58. The third-order valence-electron chi connectivity index (χ3n) is 2.63. The normalized spacial score (nSPS) is 10.3. The summed E-state index contributed by atoms with van der Waals surface area (Å²) < 4.78 is 0.729. The smallest absolute Gasteiger partial charge is 0.167 e. The molecule has 0 aliphatic rings. The molecule has 0 heterocycles. The maximum Gasteiger partial charge on any atom is 0.167 e. The summed E-state index contributed by atoms with van der Waals surface area (Å²) in [5.41, 5.74) is 7.75. The minimum absolute atomic E-state index is 0.0174. The predicted molar refractivity (Wildman–Crippen MR) is 78.0 cm³/mol. The van der Waals surface area contributed by atoms with E-state index in [4.69, 9.17) is 17.3 Å². The van der Waals surface area contributed by atoms with Gasteiger partial charge in [0, 0.05) is 27.2 Å². The van der Waals surface area contributed by atoms with E-state index in [1.165, 1.54) is 0 Å². The second kappa shape index (κ2) is 5.55. The third kappa shape index (κ3) is 2.92. The van der Waals surface area contributed by atoms with Crippen molar-refractivity contribution in [2.45, 2.75) is 6.42 Å². The van der Waals surface area contributed by atoms with Crippen LogP contribution in [-0.2, 0) is 6.42 Å². The summed E-state index contributed by atoms with van der Waals surface area (Å²) in [6.07, 6.45) is 0.288. The number of ketones is 1. The van der Waals surface area contributed by atoms with Crippen molar-refractivity contribution in [3.63, 3.8) is 0 Å². The van der Waals surface area contributed by atoms with Crippen molar-refractivity contribution in [2.24, 2.45) is 0 Å². The van der Waals surface area contributed by atoms with E-state index in [0.29, 0.717) is 16.3 Å². The Hall–Kier alpha value is -1.32. The Balaban J connectivity index is 2.22. The van der Waals surface area contributed by atoms with Crippen LogP contribution in [-0.4, -0.2) is 5.78 Å². The number of halogens is 2. The fourth-order valence-electron chi connectivity index (χ4n) is 1.62. The van der Waals surface area contributed by atoms with Gasteiger partial charge in [-0.3, -0.25) is 4.79 Å². The average Bonchev–Trinajstić information content (AvgIpc) is 2.35. The topological polar surface area (TPSA) is 43.1 Å². The van der Waals surface area contributed by atoms with Crippen LogP contribution >= 0.6 is 27.5 Å². The first-order valence-electron chi connectivity index (χ1n) is 5.39. The predicted octanol–water partition coefficient (Wildman–Crippen LogP) is 4.11. The molecule has 0 bridgehead atoms. The van der Waals surface area contributed by atoms with E-state index in [1.54, 1.807) is 24.3 Å². The minimum atomic E-state index is 0.0174. The van der Waals surface area contributed by atoms with Crippen molar-refractivity contribution in [2.75, 3.05) is 5.73 Å². The maximum absolute atomic E-state index is 12.1. The molecule has 18 heavy (non-hydrogen) atoms.